The molecule has 1 N–H and O–H groups in total. The van der Waals surface area contributed by atoms with Crippen LogP contribution in [0, 0.1) is 5.82 Å². The zero-order valence-corrected chi connectivity index (χ0v) is 15.1. The Morgan fingerprint density at radius 1 is 1.27 bits per heavy atom. The number of methoxy groups -OCH3 is 1. The van der Waals surface area contributed by atoms with Crippen LogP contribution in [-0.4, -0.2) is 47.5 Å². The first-order valence-electron chi connectivity index (χ1n) is 7.60. The summed E-state index contributed by atoms with van der Waals surface area (Å²) in [6, 6.07) is 2.44. The van der Waals surface area contributed by atoms with Crippen LogP contribution in [0.25, 0.3) is 0 Å². The van der Waals surface area contributed by atoms with Crippen molar-refractivity contribution >= 4 is 10.0 Å². The zero-order valence-electron chi connectivity index (χ0n) is 14.3. The molecule has 0 fully saturated rings. The van der Waals surface area contributed by atoms with Crippen LogP contribution in [0.15, 0.2) is 18.2 Å². The third-order valence-electron chi connectivity index (χ3n) is 3.11. The summed E-state index contributed by atoms with van der Waals surface area (Å²) in [4.78, 5) is 0. The lowest BCUT2D eigenvalue weighted by atomic mass is 10.1. The van der Waals surface area contributed by atoms with E-state index in [-0.39, 0.29) is 31.1 Å². The maximum absolute atomic E-state index is 13.6. The Labute approximate surface area is 149 Å². The fraction of sp³-hybridized carbons (Fsp3) is 0.600. The van der Waals surface area contributed by atoms with Gasteiger partial charge >= 0.3 is 6.18 Å². The van der Waals surface area contributed by atoms with E-state index in [0.717, 1.165) is 12.1 Å². The average Bonchev–Trinajstić information content (AvgIpc) is 2.52. The van der Waals surface area contributed by atoms with E-state index in [4.69, 9.17) is 4.74 Å². The topological polar surface area (TPSA) is 73.9 Å². The van der Waals surface area contributed by atoms with Crippen LogP contribution in [0.2, 0.25) is 0 Å². The third kappa shape index (κ3) is 8.79. The molecule has 0 aromatic heterocycles. The van der Waals surface area contributed by atoms with Gasteiger partial charge in [0.15, 0.2) is 18.2 Å². The molecule has 6 nitrogen and oxygen atoms in total. The summed E-state index contributed by atoms with van der Waals surface area (Å²) < 4.78 is 90.6. The molecule has 0 aliphatic heterocycles. The molecule has 0 radical (unpaired) electrons. The van der Waals surface area contributed by atoms with Gasteiger partial charge in [-0.3, -0.25) is 0 Å². The number of benzene rings is 1. The lowest BCUT2D eigenvalue weighted by molar-refractivity contribution is -0.153. The minimum Gasteiger partial charge on any atom is -0.481 e. The van der Waals surface area contributed by atoms with Crippen molar-refractivity contribution in [1.82, 2.24) is 4.72 Å². The van der Waals surface area contributed by atoms with E-state index < -0.39 is 40.4 Å². The molecule has 0 saturated carbocycles. The van der Waals surface area contributed by atoms with E-state index >= 15 is 0 Å². The van der Waals surface area contributed by atoms with E-state index in [1.807, 2.05) is 0 Å². The Kier molecular flexibility index (Phi) is 8.74. The first-order chi connectivity index (χ1) is 12.0. The summed E-state index contributed by atoms with van der Waals surface area (Å²) >= 11 is 0. The summed E-state index contributed by atoms with van der Waals surface area (Å²) in [5.74, 6) is -1.78. The number of hydrogen-bond donors (Lipinski definition) is 1. The van der Waals surface area contributed by atoms with Crippen LogP contribution in [0.3, 0.4) is 0 Å². The molecule has 1 rings (SSSR count). The number of alkyl halides is 3. The van der Waals surface area contributed by atoms with Crippen molar-refractivity contribution < 1.29 is 40.2 Å². The normalized spacial score (nSPS) is 13.6. The lowest BCUT2D eigenvalue weighted by Gasteiger charge is -2.16. The van der Waals surface area contributed by atoms with Gasteiger partial charge in [-0.2, -0.15) is 13.2 Å². The number of rotatable bonds is 11. The van der Waals surface area contributed by atoms with Gasteiger partial charge in [0.25, 0.3) is 0 Å². The van der Waals surface area contributed by atoms with Gasteiger partial charge in [-0.15, -0.1) is 0 Å². The molecule has 150 valence electrons. The predicted octanol–water partition coefficient (Wildman–Crippen LogP) is 2.76. The van der Waals surface area contributed by atoms with Crippen LogP contribution in [0.4, 0.5) is 17.6 Å². The van der Waals surface area contributed by atoms with Crippen molar-refractivity contribution in [2.45, 2.75) is 25.6 Å². The van der Waals surface area contributed by atoms with Crippen molar-refractivity contribution in [2.75, 3.05) is 32.9 Å². The predicted molar refractivity (Wildman–Crippen MR) is 85.7 cm³/mol. The number of ether oxygens (including phenoxy) is 3. The highest BCUT2D eigenvalue weighted by atomic mass is 32.2. The molecule has 26 heavy (non-hydrogen) atoms. The van der Waals surface area contributed by atoms with Gasteiger partial charge in [-0.25, -0.2) is 17.5 Å². The Bertz CT molecular complexity index is 666. The quantitative estimate of drug-likeness (QED) is 0.349. The monoisotopic (exact) mass is 403 g/mol. The lowest BCUT2D eigenvalue weighted by Crippen LogP contribution is -2.29. The first-order valence-corrected chi connectivity index (χ1v) is 9.25. The first kappa shape index (κ1) is 22.6. The van der Waals surface area contributed by atoms with Gasteiger partial charge in [0.05, 0.1) is 12.4 Å². The average molecular weight is 403 g/mol. The number of hydrogen-bond acceptors (Lipinski definition) is 5. The van der Waals surface area contributed by atoms with Crippen molar-refractivity contribution in [3.63, 3.8) is 0 Å². The second-order valence-corrected chi connectivity index (χ2v) is 7.29. The fourth-order valence-corrected chi connectivity index (χ4v) is 3.24. The van der Waals surface area contributed by atoms with E-state index in [2.05, 4.69) is 14.2 Å². The van der Waals surface area contributed by atoms with Crippen LogP contribution >= 0.6 is 0 Å². The molecule has 0 amide bonds. The zero-order chi connectivity index (χ0) is 19.8. The smallest absolute Gasteiger partial charge is 0.422 e. The van der Waals surface area contributed by atoms with Crippen molar-refractivity contribution in [1.29, 1.82) is 0 Å². The maximum atomic E-state index is 13.6. The summed E-state index contributed by atoms with van der Waals surface area (Å²) in [5, 5.41) is 0. The molecule has 11 heteroatoms. The van der Waals surface area contributed by atoms with E-state index in [1.54, 1.807) is 0 Å². The minimum absolute atomic E-state index is 0.0557. The number of halogens is 4. The highest BCUT2D eigenvalue weighted by molar-refractivity contribution is 7.89. The number of nitrogens with one attached hydrogen (secondary N) is 1. The Morgan fingerprint density at radius 2 is 1.96 bits per heavy atom. The Balaban J connectivity index is 2.67. The van der Waals surface area contributed by atoms with Crippen molar-refractivity contribution in [3.05, 3.63) is 29.6 Å². The standard InChI is InChI=1S/C15H21F4NO5S/c1-11(20-26(21,22)7-3-6-24-10-23-2)12-4-5-13(16)14(8-12)25-9-15(17,18)19/h4-5,8,11,20H,3,6-7,9-10H2,1-2H3/t11-/m1/s1. The van der Waals surface area contributed by atoms with Crippen LogP contribution < -0.4 is 9.46 Å². The van der Waals surface area contributed by atoms with E-state index in [1.165, 1.54) is 20.1 Å². The molecule has 0 heterocycles. The van der Waals surface area contributed by atoms with Crippen LogP contribution in [0.5, 0.6) is 5.75 Å². The molecule has 0 aliphatic rings. The van der Waals surface area contributed by atoms with Crippen molar-refractivity contribution in [2.24, 2.45) is 0 Å². The summed E-state index contributed by atoms with van der Waals surface area (Å²) in [5.41, 5.74) is 0.266. The van der Waals surface area contributed by atoms with Gasteiger partial charge in [0.1, 0.15) is 6.79 Å². The summed E-state index contributed by atoms with van der Waals surface area (Å²) in [7, 11) is -2.22. The Hall–Kier alpha value is -1.43. The van der Waals surface area contributed by atoms with Crippen LogP contribution in [-0.2, 0) is 19.5 Å². The minimum atomic E-state index is -4.61. The molecule has 1 aromatic rings. The van der Waals surface area contributed by atoms with Gasteiger partial charge in [-0.05, 0) is 31.0 Å². The molecule has 0 aliphatic carbocycles. The van der Waals surface area contributed by atoms with Gasteiger partial charge < -0.3 is 14.2 Å². The highest BCUT2D eigenvalue weighted by Crippen LogP contribution is 2.25. The second kappa shape index (κ2) is 10.0. The van der Waals surface area contributed by atoms with Crippen molar-refractivity contribution in [3.8, 4) is 5.75 Å². The Morgan fingerprint density at radius 3 is 2.58 bits per heavy atom. The van der Waals surface area contributed by atoms with Gasteiger partial charge in [0.2, 0.25) is 10.0 Å². The third-order valence-corrected chi connectivity index (χ3v) is 4.64. The van der Waals surface area contributed by atoms with Crippen LogP contribution in [0.1, 0.15) is 24.9 Å². The molecular weight excluding hydrogens is 382 g/mol. The largest absolute Gasteiger partial charge is 0.481 e. The van der Waals surface area contributed by atoms with E-state index in [0.29, 0.717) is 0 Å². The molecule has 0 spiro atoms. The SMILES string of the molecule is COCOCCCS(=O)(=O)N[C@H](C)c1ccc(F)c(OCC(F)(F)F)c1. The second-order valence-electron chi connectivity index (χ2n) is 5.42. The summed E-state index contributed by atoms with van der Waals surface area (Å²) in [6.45, 7) is 0.0873. The molecule has 0 saturated heterocycles. The van der Waals surface area contributed by atoms with Gasteiger partial charge in [-0.1, -0.05) is 6.07 Å². The van der Waals surface area contributed by atoms with E-state index in [9.17, 15) is 26.0 Å². The molecule has 0 bridgehead atoms. The molecule has 1 aromatic carbocycles. The number of sulfonamides is 1. The summed E-state index contributed by atoms with van der Waals surface area (Å²) in [6.07, 6.45) is -4.38. The highest BCUT2D eigenvalue weighted by Gasteiger charge is 2.29. The molecule has 0 unspecified atom stereocenters. The fourth-order valence-electron chi connectivity index (χ4n) is 1.95. The maximum Gasteiger partial charge on any atom is 0.422 e. The molecule has 1 atom stereocenters. The van der Waals surface area contributed by atoms with Gasteiger partial charge in [0, 0.05) is 13.2 Å². The molecular formula is C15H21F4NO5S.